The third kappa shape index (κ3) is 2.92. The number of benzene rings is 1. The minimum absolute atomic E-state index is 0.176. The van der Waals surface area contributed by atoms with Gasteiger partial charge < -0.3 is 5.73 Å². The molecule has 108 valence electrons. The van der Waals surface area contributed by atoms with Crippen LogP contribution < -0.4 is 5.73 Å². The fraction of sp³-hybridized carbons (Fsp3) is 0.385. The van der Waals surface area contributed by atoms with Crippen LogP contribution in [0.2, 0.25) is 0 Å². The summed E-state index contributed by atoms with van der Waals surface area (Å²) in [6, 6.07) is 1.56. The number of hydrogen-bond acceptors (Lipinski definition) is 3. The highest BCUT2D eigenvalue weighted by atomic mass is 32.2. The summed E-state index contributed by atoms with van der Waals surface area (Å²) in [6.45, 7) is -0.0438. The Kier molecular flexibility index (Phi) is 3.97. The van der Waals surface area contributed by atoms with Crippen LogP contribution in [0.3, 0.4) is 0 Å². The summed E-state index contributed by atoms with van der Waals surface area (Å²) in [7, 11) is -4.31. The van der Waals surface area contributed by atoms with Gasteiger partial charge in [-0.25, -0.2) is 17.2 Å². The quantitative estimate of drug-likeness (QED) is 0.663. The second kappa shape index (κ2) is 5.38. The Labute approximate surface area is 116 Å². The van der Waals surface area contributed by atoms with Gasteiger partial charge in [0.25, 0.3) is 0 Å². The highest BCUT2D eigenvalue weighted by Crippen LogP contribution is 2.32. The van der Waals surface area contributed by atoms with E-state index in [0.29, 0.717) is 0 Å². The van der Waals surface area contributed by atoms with Gasteiger partial charge in [-0.3, -0.25) is 0 Å². The molecule has 0 amide bonds. The zero-order chi connectivity index (χ0) is 14.9. The normalized spacial score (nSPS) is 15.3. The molecular formula is C13H14F2N2O2S. The molecule has 2 N–H and O–H groups in total. The lowest BCUT2D eigenvalue weighted by atomic mass is 10.3. The molecule has 4 nitrogen and oxygen atoms in total. The van der Waals surface area contributed by atoms with Gasteiger partial charge >= 0.3 is 0 Å². The monoisotopic (exact) mass is 300 g/mol. The Bertz CT molecular complexity index is 640. The summed E-state index contributed by atoms with van der Waals surface area (Å²) in [4.78, 5) is -0.998. The molecule has 7 heteroatoms. The van der Waals surface area contributed by atoms with E-state index in [1.165, 1.54) is 0 Å². The average Bonchev–Trinajstić information content (AvgIpc) is 3.10. The van der Waals surface area contributed by atoms with E-state index < -0.39 is 26.6 Å². The van der Waals surface area contributed by atoms with Crippen LogP contribution in [0.15, 0.2) is 17.0 Å². The number of rotatable bonds is 5. The van der Waals surface area contributed by atoms with Crippen molar-refractivity contribution in [2.45, 2.75) is 17.7 Å². The van der Waals surface area contributed by atoms with Crippen molar-refractivity contribution in [1.29, 1.82) is 0 Å². The zero-order valence-corrected chi connectivity index (χ0v) is 11.5. The molecule has 1 aromatic rings. The number of hydrogen-bond donors (Lipinski definition) is 1. The first kappa shape index (κ1) is 14.8. The maximum atomic E-state index is 13.8. The number of terminal acetylenes is 1. The highest BCUT2D eigenvalue weighted by Gasteiger charge is 2.34. The van der Waals surface area contributed by atoms with Crippen molar-refractivity contribution in [2.75, 3.05) is 18.8 Å². The van der Waals surface area contributed by atoms with E-state index in [0.717, 1.165) is 29.3 Å². The second-order valence-corrected chi connectivity index (χ2v) is 6.63. The van der Waals surface area contributed by atoms with E-state index in [1.807, 2.05) is 0 Å². The van der Waals surface area contributed by atoms with Gasteiger partial charge in [-0.1, -0.05) is 5.92 Å². The Morgan fingerprint density at radius 2 is 1.90 bits per heavy atom. The van der Waals surface area contributed by atoms with Crippen molar-refractivity contribution in [1.82, 2.24) is 4.31 Å². The third-order valence-corrected chi connectivity index (χ3v) is 4.91. The highest BCUT2D eigenvalue weighted by molar-refractivity contribution is 7.89. The summed E-state index contributed by atoms with van der Waals surface area (Å²) < 4.78 is 53.2. The topological polar surface area (TPSA) is 63.4 Å². The van der Waals surface area contributed by atoms with E-state index in [1.54, 1.807) is 0 Å². The molecule has 0 aromatic heterocycles. The number of anilines is 1. The zero-order valence-electron chi connectivity index (χ0n) is 10.6. The van der Waals surface area contributed by atoms with Gasteiger partial charge in [-0.2, -0.15) is 4.31 Å². The number of halogens is 2. The maximum absolute atomic E-state index is 13.8. The molecule has 0 heterocycles. The van der Waals surface area contributed by atoms with Gasteiger partial charge in [0.2, 0.25) is 10.0 Å². The fourth-order valence-electron chi connectivity index (χ4n) is 1.89. The van der Waals surface area contributed by atoms with Gasteiger partial charge in [-0.05, 0) is 30.9 Å². The number of nitrogens with two attached hydrogens (primary N) is 1. The molecule has 0 saturated heterocycles. The summed E-state index contributed by atoms with van der Waals surface area (Å²) in [5, 5.41) is 0. The van der Waals surface area contributed by atoms with Gasteiger partial charge in [-0.15, -0.1) is 6.42 Å². The first-order chi connectivity index (χ1) is 9.36. The van der Waals surface area contributed by atoms with E-state index >= 15 is 0 Å². The minimum atomic E-state index is -4.31. The van der Waals surface area contributed by atoms with Crippen molar-refractivity contribution in [3.63, 3.8) is 0 Å². The summed E-state index contributed by atoms with van der Waals surface area (Å²) in [5.41, 5.74) is 5.10. The van der Waals surface area contributed by atoms with Gasteiger partial charge in [0.1, 0.15) is 11.6 Å². The molecule has 1 aliphatic rings. The molecule has 1 saturated carbocycles. The molecule has 1 aromatic carbocycles. The number of sulfonamides is 1. The molecule has 0 atom stereocenters. The SMILES string of the molecule is C#CCN(CC1CC1)S(=O)(=O)c1c(F)cc(N)cc1F. The Balaban J connectivity index is 2.44. The minimum Gasteiger partial charge on any atom is -0.399 e. The van der Waals surface area contributed by atoms with Crippen molar-refractivity contribution < 1.29 is 17.2 Å². The van der Waals surface area contributed by atoms with Crippen molar-refractivity contribution in [3.05, 3.63) is 23.8 Å². The molecule has 1 fully saturated rings. The van der Waals surface area contributed by atoms with Crippen LogP contribution in [0, 0.1) is 29.9 Å². The molecule has 20 heavy (non-hydrogen) atoms. The van der Waals surface area contributed by atoms with Gasteiger partial charge in [0.15, 0.2) is 4.90 Å². The molecule has 2 rings (SSSR count). The lowest BCUT2D eigenvalue weighted by Gasteiger charge is -2.20. The van der Waals surface area contributed by atoms with Crippen LogP contribution in [-0.2, 0) is 10.0 Å². The summed E-state index contributed by atoms with van der Waals surface area (Å²) >= 11 is 0. The fourth-order valence-corrected chi connectivity index (χ4v) is 3.41. The van der Waals surface area contributed by atoms with Crippen molar-refractivity contribution >= 4 is 15.7 Å². The number of nitrogen functional groups attached to an aromatic ring is 1. The van der Waals surface area contributed by atoms with Crippen LogP contribution in [0.25, 0.3) is 0 Å². The van der Waals surface area contributed by atoms with Crippen LogP contribution in [0.1, 0.15) is 12.8 Å². The van der Waals surface area contributed by atoms with E-state index in [2.05, 4.69) is 5.92 Å². The molecule has 0 unspecified atom stereocenters. The largest absolute Gasteiger partial charge is 0.399 e. The summed E-state index contributed by atoms with van der Waals surface area (Å²) in [6.07, 6.45) is 6.92. The second-order valence-electron chi connectivity index (χ2n) is 4.76. The first-order valence-corrected chi connectivity index (χ1v) is 7.48. The molecule has 0 radical (unpaired) electrons. The van der Waals surface area contributed by atoms with E-state index in [9.17, 15) is 17.2 Å². The van der Waals surface area contributed by atoms with E-state index in [-0.39, 0.29) is 24.7 Å². The van der Waals surface area contributed by atoms with E-state index in [4.69, 9.17) is 12.2 Å². The summed E-state index contributed by atoms with van der Waals surface area (Å²) in [5.74, 6) is -0.00528. The smallest absolute Gasteiger partial charge is 0.249 e. The molecule has 0 bridgehead atoms. The predicted molar refractivity (Wildman–Crippen MR) is 71.1 cm³/mol. The van der Waals surface area contributed by atoms with Crippen molar-refractivity contribution in [2.24, 2.45) is 5.92 Å². The Morgan fingerprint density at radius 1 is 1.35 bits per heavy atom. The standard InChI is InChI=1S/C13H14F2N2O2S/c1-2-5-17(8-9-3-4-9)20(18,19)13-11(14)6-10(16)7-12(13)15/h1,6-7,9H,3-5,8,16H2. The lowest BCUT2D eigenvalue weighted by molar-refractivity contribution is 0.419. The lowest BCUT2D eigenvalue weighted by Crippen LogP contribution is -2.34. The van der Waals surface area contributed by atoms with Crippen LogP contribution in [0.5, 0.6) is 0 Å². The molecule has 0 spiro atoms. The first-order valence-electron chi connectivity index (χ1n) is 6.04. The molecule has 1 aliphatic carbocycles. The van der Waals surface area contributed by atoms with Crippen LogP contribution >= 0.6 is 0 Å². The molecular weight excluding hydrogens is 286 g/mol. The van der Waals surface area contributed by atoms with Gasteiger partial charge in [0.05, 0.1) is 6.54 Å². The van der Waals surface area contributed by atoms with Crippen LogP contribution in [0.4, 0.5) is 14.5 Å². The Morgan fingerprint density at radius 3 is 2.35 bits per heavy atom. The maximum Gasteiger partial charge on any atom is 0.249 e. The predicted octanol–water partition coefficient (Wildman–Crippen LogP) is 1.58. The van der Waals surface area contributed by atoms with Crippen LogP contribution in [-0.4, -0.2) is 25.8 Å². The third-order valence-electron chi connectivity index (χ3n) is 3.04. The average molecular weight is 300 g/mol. The van der Waals surface area contributed by atoms with Gasteiger partial charge in [0, 0.05) is 12.2 Å². The number of nitrogens with zero attached hydrogens (tertiary/aromatic N) is 1. The van der Waals surface area contributed by atoms with Crippen molar-refractivity contribution in [3.8, 4) is 12.3 Å². The molecule has 0 aliphatic heterocycles. The Hall–Kier alpha value is -1.65.